The fourth-order valence-electron chi connectivity index (χ4n) is 1.57. The van der Waals surface area contributed by atoms with Crippen molar-refractivity contribution in [3.63, 3.8) is 0 Å². The van der Waals surface area contributed by atoms with Gasteiger partial charge in [0.15, 0.2) is 5.82 Å². The van der Waals surface area contributed by atoms with Crippen molar-refractivity contribution < 1.29 is 0 Å². The average Bonchev–Trinajstić information content (AvgIpc) is 2.75. The molecule has 0 bridgehead atoms. The number of aromatic nitrogens is 6. The van der Waals surface area contributed by atoms with Crippen molar-refractivity contribution >= 4 is 5.69 Å². The van der Waals surface area contributed by atoms with Crippen LogP contribution in [0.5, 0.6) is 0 Å². The molecule has 2 heterocycles. The van der Waals surface area contributed by atoms with E-state index in [4.69, 9.17) is 5.73 Å². The van der Waals surface area contributed by atoms with E-state index < -0.39 is 11.2 Å². The van der Waals surface area contributed by atoms with E-state index in [1.54, 1.807) is 14.0 Å². The maximum Gasteiger partial charge on any atom is 0.331 e. The van der Waals surface area contributed by atoms with Crippen LogP contribution in [-0.2, 0) is 20.1 Å². The molecule has 0 radical (unpaired) electrons. The van der Waals surface area contributed by atoms with Gasteiger partial charge in [-0.1, -0.05) is 0 Å². The fourth-order valence-corrected chi connectivity index (χ4v) is 1.57. The second kappa shape index (κ2) is 4.43. The van der Waals surface area contributed by atoms with Gasteiger partial charge >= 0.3 is 5.69 Å². The molecule has 18 heavy (non-hydrogen) atoms. The van der Waals surface area contributed by atoms with Gasteiger partial charge in [0.05, 0.1) is 13.6 Å². The van der Waals surface area contributed by atoms with Gasteiger partial charge in [-0.25, -0.2) is 4.79 Å². The maximum absolute atomic E-state index is 12.0. The molecule has 2 rings (SSSR count). The lowest BCUT2D eigenvalue weighted by Crippen LogP contribution is -2.40. The summed E-state index contributed by atoms with van der Waals surface area (Å²) in [5.41, 5.74) is 4.60. The molecule has 0 aliphatic heterocycles. The quantitative estimate of drug-likeness (QED) is 0.687. The number of nitrogens with two attached hydrogens (primary N) is 1. The molecule has 0 spiro atoms. The third kappa shape index (κ3) is 2.01. The van der Waals surface area contributed by atoms with Crippen LogP contribution >= 0.6 is 0 Å². The molecule has 2 N–H and O–H groups in total. The Balaban J connectivity index is 2.53. The first kappa shape index (κ1) is 12.0. The van der Waals surface area contributed by atoms with Crippen LogP contribution in [0.15, 0.2) is 15.8 Å². The second-order valence-corrected chi connectivity index (χ2v) is 3.74. The van der Waals surface area contributed by atoms with Gasteiger partial charge < -0.3 is 5.73 Å². The van der Waals surface area contributed by atoms with Crippen LogP contribution in [0.1, 0.15) is 12.7 Å². The van der Waals surface area contributed by atoms with Gasteiger partial charge in [0.1, 0.15) is 5.69 Å². The SMILES string of the molecule is CCn1cc(N)c(=O)n(Cc2nnn(C)n2)c1=O. The number of anilines is 1. The molecule has 96 valence electrons. The van der Waals surface area contributed by atoms with E-state index in [1.807, 2.05) is 0 Å². The molecule has 0 amide bonds. The summed E-state index contributed by atoms with van der Waals surface area (Å²) in [6, 6.07) is 0. The lowest BCUT2D eigenvalue weighted by atomic mass is 10.4. The molecular weight excluding hydrogens is 238 g/mol. The number of hydrogen-bond acceptors (Lipinski definition) is 6. The molecule has 0 atom stereocenters. The van der Waals surface area contributed by atoms with Crippen molar-refractivity contribution in [1.29, 1.82) is 0 Å². The van der Waals surface area contributed by atoms with E-state index >= 15 is 0 Å². The van der Waals surface area contributed by atoms with Crippen LogP contribution < -0.4 is 17.0 Å². The normalized spacial score (nSPS) is 10.8. The van der Waals surface area contributed by atoms with Crippen molar-refractivity contribution in [1.82, 2.24) is 29.3 Å². The lowest BCUT2D eigenvalue weighted by Gasteiger charge is -2.07. The molecule has 2 aromatic heterocycles. The smallest absolute Gasteiger partial charge is 0.331 e. The summed E-state index contributed by atoms with van der Waals surface area (Å²) in [4.78, 5) is 25.0. The number of nitrogen functional groups attached to an aromatic ring is 1. The summed E-state index contributed by atoms with van der Waals surface area (Å²) in [7, 11) is 1.60. The van der Waals surface area contributed by atoms with Crippen LogP contribution in [0.25, 0.3) is 0 Å². The molecule has 0 aliphatic rings. The first-order valence-corrected chi connectivity index (χ1v) is 5.35. The zero-order valence-corrected chi connectivity index (χ0v) is 10.1. The third-order valence-corrected chi connectivity index (χ3v) is 2.45. The van der Waals surface area contributed by atoms with Gasteiger partial charge in [-0.15, -0.1) is 10.2 Å². The zero-order chi connectivity index (χ0) is 13.3. The Morgan fingerprint density at radius 3 is 2.67 bits per heavy atom. The minimum Gasteiger partial charge on any atom is -0.393 e. The average molecular weight is 251 g/mol. The van der Waals surface area contributed by atoms with Gasteiger partial charge in [0.25, 0.3) is 5.56 Å². The van der Waals surface area contributed by atoms with Crippen LogP contribution in [0.3, 0.4) is 0 Å². The number of aryl methyl sites for hydroxylation is 2. The third-order valence-electron chi connectivity index (χ3n) is 2.45. The highest BCUT2D eigenvalue weighted by molar-refractivity contribution is 5.31. The van der Waals surface area contributed by atoms with Gasteiger partial charge in [0, 0.05) is 12.7 Å². The Labute approximate surface area is 101 Å². The van der Waals surface area contributed by atoms with Crippen molar-refractivity contribution in [2.75, 3.05) is 5.73 Å². The monoisotopic (exact) mass is 251 g/mol. The van der Waals surface area contributed by atoms with Crippen molar-refractivity contribution in [3.05, 3.63) is 32.9 Å². The highest BCUT2D eigenvalue weighted by atomic mass is 16.2. The van der Waals surface area contributed by atoms with Crippen molar-refractivity contribution in [2.24, 2.45) is 7.05 Å². The fraction of sp³-hybridized carbons (Fsp3) is 0.444. The van der Waals surface area contributed by atoms with Gasteiger partial charge in [-0.05, 0) is 12.1 Å². The first-order valence-electron chi connectivity index (χ1n) is 5.35. The van der Waals surface area contributed by atoms with Crippen LogP contribution in [0.2, 0.25) is 0 Å². The van der Waals surface area contributed by atoms with Crippen molar-refractivity contribution in [2.45, 2.75) is 20.0 Å². The molecular formula is C9H13N7O2. The van der Waals surface area contributed by atoms with Crippen LogP contribution in [0.4, 0.5) is 5.69 Å². The molecule has 0 aromatic carbocycles. The van der Waals surface area contributed by atoms with Gasteiger partial charge in [-0.2, -0.15) is 4.80 Å². The molecule has 9 nitrogen and oxygen atoms in total. The van der Waals surface area contributed by atoms with Gasteiger partial charge in [0.2, 0.25) is 0 Å². The highest BCUT2D eigenvalue weighted by Crippen LogP contribution is 1.92. The van der Waals surface area contributed by atoms with Gasteiger partial charge in [-0.3, -0.25) is 13.9 Å². The summed E-state index contributed by atoms with van der Waals surface area (Å²) < 4.78 is 2.35. The minimum atomic E-state index is -0.544. The van der Waals surface area contributed by atoms with E-state index in [0.717, 1.165) is 4.57 Å². The van der Waals surface area contributed by atoms with E-state index in [2.05, 4.69) is 15.4 Å². The summed E-state index contributed by atoms with van der Waals surface area (Å²) in [5.74, 6) is 0.282. The maximum atomic E-state index is 12.0. The predicted molar refractivity (Wildman–Crippen MR) is 62.9 cm³/mol. The second-order valence-electron chi connectivity index (χ2n) is 3.74. The number of rotatable bonds is 3. The summed E-state index contributed by atoms with van der Waals surface area (Å²) in [5, 5.41) is 11.3. The summed E-state index contributed by atoms with van der Waals surface area (Å²) >= 11 is 0. The Morgan fingerprint density at radius 2 is 2.11 bits per heavy atom. The Bertz CT molecular complexity index is 681. The Hall–Kier alpha value is -2.45. The lowest BCUT2D eigenvalue weighted by molar-refractivity contribution is 0.585. The Kier molecular flexibility index (Phi) is 2.96. The highest BCUT2D eigenvalue weighted by Gasteiger charge is 2.11. The first-order chi connectivity index (χ1) is 8.52. The van der Waals surface area contributed by atoms with Crippen molar-refractivity contribution in [3.8, 4) is 0 Å². The summed E-state index contributed by atoms with van der Waals surface area (Å²) in [6.07, 6.45) is 1.34. The molecule has 0 saturated carbocycles. The molecule has 0 unspecified atom stereocenters. The van der Waals surface area contributed by atoms with Crippen LogP contribution in [-0.4, -0.2) is 29.3 Å². The molecule has 2 aromatic rings. The standard InChI is InChI=1S/C9H13N7O2/c1-3-15-4-6(10)8(17)16(9(15)18)5-7-11-13-14(2)12-7/h4H,3,5,10H2,1-2H3. The molecule has 0 fully saturated rings. The van der Waals surface area contributed by atoms with E-state index in [9.17, 15) is 9.59 Å². The number of nitrogens with zero attached hydrogens (tertiary/aromatic N) is 6. The van der Waals surface area contributed by atoms with E-state index in [1.165, 1.54) is 15.6 Å². The number of tetrazole rings is 1. The summed E-state index contributed by atoms with van der Waals surface area (Å²) in [6.45, 7) is 2.17. The zero-order valence-electron chi connectivity index (χ0n) is 10.1. The Morgan fingerprint density at radius 1 is 1.39 bits per heavy atom. The van der Waals surface area contributed by atoms with E-state index in [0.29, 0.717) is 6.54 Å². The predicted octanol–water partition coefficient (Wildman–Crippen LogP) is -1.82. The van der Waals surface area contributed by atoms with Crippen LogP contribution in [0, 0.1) is 0 Å². The minimum absolute atomic E-state index is 0.0142. The largest absolute Gasteiger partial charge is 0.393 e. The van der Waals surface area contributed by atoms with E-state index in [-0.39, 0.29) is 18.1 Å². The topological polar surface area (TPSA) is 114 Å². The molecule has 9 heteroatoms. The molecule has 0 saturated heterocycles. The number of hydrogen-bond donors (Lipinski definition) is 1. The molecule has 0 aliphatic carbocycles.